The van der Waals surface area contributed by atoms with E-state index >= 15 is 0 Å². The highest BCUT2D eigenvalue weighted by Crippen LogP contribution is 2.26. The highest BCUT2D eigenvalue weighted by Gasteiger charge is 2.35. The summed E-state index contributed by atoms with van der Waals surface area (Å²) in [5.74, 6) is -1.62. The number of hydrazine groups is 1. The fourth-order valence-corrected chi connectivity index (χ4v) is 3.85. The molecule has 0 aromatic heterocycles. The molecule has 0 atom stereocenters. The highest BCUT2D eigenvalue weighted by atomic mass is 16.2. The SMILES string of the molecule is O=C(CCN1C(=O)c2ccccc2C1=O)NNC(=O)CN1CCCc2ccccc21. The molecule has 0 spiro atoms. The van der Waals surface area contributed by atoms with Gasteiger partial charge in [0, 0.05) is 25.2 Å². The molecule has 2 N–H and O–H groups in total. The molecule has 2 heterocycles. The Morgan fingerprint density at radius 1 is 0.867 bits per heavy atom. The van der Waals surface area contributed by atoms with Crippen LogP contribution in [-0.2, 0) is 16.0 Å². The van der Waals surface area contributed by atoms with Crippen molar-refractivity contribution in [3.05, 3.63) is 65.2 Å². The Labute approximate surface area is 173 Å². The van der Waals surface area contributed by atoms with Gasteiger partial charge >= 0.3 is 0 Å². The van der Waals surface area contributed by atoms with Gasteiger partial charge in [-0.05, 0) is 36.6 Å². The Kier molecular flexibility index (Phi) is 5.47. The normalized spacial score (nSPS) is 14.9. The van der Waals surface area contributed by atoms with E-state index in [0.717, 1.165) is 30.0 Å². The standard InChI is InChI=1S/C22H22N4O4/c27-19(11-13-26-21(29)16-8-2-3-9-17(16)22(26)30)23-24-20(28)14-25-12-5-7-15-6-1-4-10-18(15)25/h1-4,6,8-10H,5,7,11-14H2,(H,23,27)(H,24,28). The lowest BCUT2D eigenvalue weighted by atomic mass is 10.0. The van der Waals surface area contributed by atoms with Gasteiger partial charge in [0.05, 0.1) is 17.7 Å². The van der Waals surface area contributed by atoms with Gasteiger partial charge in [-0.15, -0.1) is 0 Å². The first-order valence-electron chi connectivity index (χ1n) is 9.90. The van der Waals surface area contributed by atoms with Crippen LogP contribution in [0.2, 0.25) is 0 Å². The Hall–Kier alpha value is -3.68. The number of carbonyl (C=O) groups excluding carboxylic acids is 4. The Morgan fingerprint density at radius 3 is 2.23 bits per heavy atom. The number of rotatable bonds is 5. The molecule has 0 aliphatic carbocycles. The van der Waals surface area contributed by atoms with Crippen molar-refractivity contribution in [1.82, 2.24) is 15.8 Å². The number of anilines is 1. The predicted molar refractivity (Wildman–Crippen MR) is 110 cm³/mol. The second-order valence-corrected chi connectivity index (χ2v) is 7.31. The molecule has 0 fully saturated rings. The summed E-state index contributed by atoms with van der Waals surface area (Å²) in [5, 5.41) is 0. The van der Waals surface area contributed by atoms with Gasteiger partial charge in [0.15, 0.2) is 0 Å². The number of aryl methyl sites for hydroxylation is 1. The van der Waals surface area contributed by atoms with E-state index in [1.807, 2.05) is 23.1 Å². The first-order valence-corrected chi connectivity index (χ1v) is 9.90. The maximum Gasteiger partial charge on any atom is 0.261 e. The van der Waals surface area contributed by atoms with E-state index < -0.39 is 17.7 Å². The molecule has 0 unspecified atom stereocenters. The number of fused-ring (bicyclic) bond motifs is 2. The topological polar surface area (TPSA) is 98.8 Å². The van der Waals surface area contributed by atoms with E-state index in [2.05, 4.69) is 16.9 Å². The maximum absolute atomic E-state index is 12.3. The smallest absolute Gasteiger partial charge is 0.261 e. The molecule has 0 saturated heterocycles. The number of amides is 4. The quantitative estimate of drug-likeness (QED) is 0.576. The number of hydrogen-bond donors (Lipinski definition) is 2. The van der Waals surface area contributed by atoms with Crippen LogP contribution in [-0.4, -0.2) is 48.2 Å². The zero-order valence-corrected chi connectivity index (χ0v) is 16.4. The second-order valence-electron chi connectivity index (χ2n) is 7.31. The molecule has 154 valence electrons. The van der Waals surface area contributed by atoms with Gasteiger partial charge in [-0.3, -0.25) is 34.9 Å². The zero-order chi connectivity index (χ0) is 21.1. The van der Waals surface area contributed by atoms with Crippen LogP contribution in [0.25, 0.3) is 0 Å². The third-order valence-corrected chi connectivity index (χ3v) is 5.32. The minimum Gasteiger partial charge on any atom is -0.362 e. The Balaban J connectivity index is 1.25. The average molecular weight is 406 g/mol. The van der Waals surface area contributed by atoms with Crippen molar-refractivity contribution in [3.63, 3.8) is 0 Å². The molecule has 2 aromatic rings. The van der Waals surface area contributed by atoms with Gasteiger partial charge in [0.2, 0.25) is 5.91 Å². The van der Waals surface area contributed by atoms with Crippen LogP contribution < -0.4 is 15.8 Å². The van der Waals surface area contributed by atoms with E-state index in [0.29, 0.717) is 11.1 Å². The molecule has 0 radical (unpaired) electrons. The summed E-state index contributed by atoms with van der Waals surface area (Å²) in [6, 6.07) is 14.5. The largest absolute Gasteiger partial charge is 0.362 e. The van der Waals surface area contributed by atoms with Gasteiger partial charge in [-0.2, -0.15) is 0 Å². The van der Waals surface area contributed by atoms with Crippen LogP contribution in [0.1, 0.15) is 39.1 Å². The van der Waals surface area contributed by atoms with Crippen molar-refractivity contribution in [2.45, 2.75) is 19.3 Å². The molecule has 0 saturated carbocycles. The summed E-state index contributed by atoms with van der Waals surface area (Å²) in [5.41, 5.74) is 7.70. The molecule has 4 amide bonds. The van der Waals surface area contributed by atoms with Crippen LogP contribution in [0.4, 0.5) is 5.69 Å². The summed E-state index contributed by atoms with van der Waals surface area (Å²) in [6.07, 6.45) is 1.86. The average Bonchev–Trinajstić information content (AvgIpc) is 3.01. The second kappa shape index (κ2) is 8.36. The lowest BCUT2D eigenvalue weighted by molar-refractivity contribution is -0.128. The van der Waals surface area contributed by atoms with Crippen LogP contribution in [0.15, 0.2) is 48.5 Å². The van der Waals surface area contributed by atoms with E-state index in [-0.39, 0.29) is 25.4 Å². The predicted octanol–water partition coefficient (Wildman–Crippen LogP) is 1.27. The fraction of sp³-hybridized carbons (Fsp3) is 0.273. The van der Waals surface area contributed by atoms with Crippen molar-refractivity contribution in [2.75, 3.05) is 24.5 Å². The summed E-state index contributed by atoms with van der Waals surface area (Å²) >= 11 is 0. The van der Waals surface area contributed by atoms with E-state index in [4.69, 9.17) is 0 Å². The minimum absolute atomic E-state index is 0.0481. The van der Waals surface area contributed by atoms with Crippen LogP contribution in [0.3, 0.4) is 0 Å². The summed E-state index contributed by atoms with van der Waals surface area (Å²) in [7, 11) is 0. The molecule has 2 aromatic carbocycles. The van der Waals surface area contributed by atoms with Crippen molar-refractivity contribution in [1.29, 1.82) is 0 Å². The summed E-state index contributed by atoms with van der Waals surface area (Å²) in [4.78, 5) is 52.0. The lowest BCUT2D eigenvalue weighted by Gasteiger charge is -2.30. The fourth-order valence-electron chi connectivity index (χ4n) is 3.85. The van der Waals surface area contributed by atoms with E-state index in [1.54, 1.807) is 24.3 Å². The monoisotopic (exact) mass is 406 g/mol. The molecular formula is C22H22N4O4. The zero-order valence-electron chi connectivity index (χ0n) is 16.4. The lowest BCUT2D eigenvalue weighted by Crippen LogP contribution is -2.48. The van der Waals surface area contributed by atoms with Gasteiger partial charge in [0.1, 0.15) is 0 Å². The van der Waals surface area contributed by atoms with Crippen LogP contribution in [0.5, 0.6) is 0 Å². The van der Waals surface area contributed by atoms with E-state index in [1.165, 1.54) is 5.56 Å². The minimum atomic E-state index is -0.473. The highest BCUT2D eigenvalue weighted by molar-refractivity contribution is 6.21. The van der Waals surface area contributed by atoms with Crippen molar-refractivity contribution in [2.24, 2.45) is 0 Å². The van der Waals surface area contributed by atoms with E-state index in [9.17, 15) is 19.2 Å². The van der Waals surface area contributed by atoms with Crippen molar-refractivity contribution >= 4 is 29.3 Å². The van der Waals surface area contributed by atoms with Gasteiger partial charge in [-0.1, -0.05) is 30.3 Å². The number of hydrogen-bond acceptors (Lipinski definition) is 5. The number of nitrogens with one attached hydrogen (secondary N) is 2. The van der Waals surface area contributed by atoms with Crippen LogP contribution in [0, 0.1) is 0 Å². The number of nitrogens with zero attached hydrogens (tertiary/aromatic N) is 2. The third kappa shape index (κ3) is 3.89. The van der Waals surface area contributed by atoms with Gasteiger partial charge in [0.25, 0.3) is 17.7 Å². The molecule has 2 aliphatic heterocycles. The van der Waals surface area contributed by atoms with Crippen molar-refractivity contribution < 1.29 is 19.2 Å². The molecule has 2 aliphatic rings. The molecular weight excluding hydrogens is 384 g/mol. The first-order chi connectivity index (χ1) is 14.5. The van der Waals surface area contributed by atoms with Crippen molar-refractivity contribution in [3.8, 4) is 0 Å². The molecule has 8 heteroatoms. The molecule has 4 rings (SSSR count). The van der Waals surface area contributed by atoms with Crippen LogP contribution >= 0.6 is 0 Å². The summed E-state index contributed by atoms with van der Waals surface area (Å²) in [6.45, 7) is 0.862. The van der Waals surface area contributed by atoms with Gasteiger partial charge < -0.3 is 4.90 Å². The number of benzene rings is 2. The molecule has 0 bridgehead atoms. The number of imide groups is 1. The molecule has 8 nitrogen and oxygen atoms in total. The maximum atomic E-state index is 12.3. The Bertz CT molecular complexity index is 985. The van der Waals surface area contributed by atoms with Gasteiger partial charge in [-0.25, -0.2) is 0 Å². The third-order valence-electron chi connectivity index (χ3n) is 5.32. The Morgan fingerprint density at radius 2 is 1.50 bits per heavy atom. The number of para-hydroxylation sites is 1. The first kappa shape index (κ1) is 19.6. The number of carbonyl (C=O) groups is 4. The summed E-state index contributed by atoms with van der Waals surface area (Å²) < 4.78 is 0. The molecule has 30 heavy (non-hydrogen) atoms.